The van der Waals surface area contributed by atoms with E-state index in [2.05, 4.69) is 26.5 Å². The maximum absolute atomic E-state index is 12.0. The van der Waals surface area contributed by atoms with Crippen molar-refractivity contribution in [3.05, 3.63) is 0 Å². The van der Waals surface area contributed by atoms with Gasteiger partial charge < -0.3 is 4.74 Å². The average Bonchev–Trinajstić information content (AvgIpc) is 2.27. The van der Waals surface area contributed by atoms with Gasteiger partial charge in [-0.15, -0.1) is 0 Å². The van der Waals surface area contributed by atoms with Crippen LogP contribution in [0.2, 0.25) is 0 Å². The average molecular weight is 286 g/mol. The molecule has 5 heteroatoms. The number of ether oxygens (including phenoxy) is 1. The molecule has 18 heavy (non-hydrogen) atoms. The van der Waals surface area contributed by atoms with Crippen LogP contribution in [0.3, 0.4) is 0 Å². The van der Waals surface area contributed by atoms with Crippen LogP contribution in [0.1, 0.15) is 52.4 Å². The van der Waals surface area contributed by atoms with Crippen molar-refractivity contribution in [3.8, 4) is 0 Å². The Morgan fingerprint density at radius 2 is 1.56 bits per heavy atom. The molecule has 0 atom stereocenters. The first-order valence-corrected chi connectivity index (χ1v) is 7.27. The van der Waals surface area contributed by atoms with E-state index in [1.807, 2.05) is 0 Å². The molecule has 0 aromatic heterocycles. The van der Waals surface area contributed by atoms with Gasteiger partial charge in [0.25, 0.3) is 0 Å². The highest BCUT2D eigenvalue weighted by molar-refractivity contribution is 7.80. The fourth-order valence-corrected chi connectivity index (χ4v) is 2.60. The Labute approximate surface area is 114 Å². The van der Waals surface area contributed by atoms with Gasteiger partial charge in [0.1, 0.15) is 0 Å². The molecule has 0 spiro atoms. The number of alkyl halides is 3. The molecular formula is C13H25F3OS. The van der Waals surface area contributed by atoms with E-state index in [9.17, 15) is 13.2 Å². The third-order valence-electron chi connectivity index (χ3n) is 3.05. The number of hydrogen-bond acceptors (Lipinski definition) is 2. The van der Waals surface area contributed by atoms with Crippen LogP contribution in [0.4, 0.5) is 13.2 Å². The lowest BCUT2D eigenvalue weighted by Gasteiger charge is -2.31. The summed E-state index contributed by atoms with van der Waals surface area (Å²) < 4.78 is 41.3. The fourth-order valence-electron chi connectivity index (χ4n) is 2.20. The SMILES string of the molecule is CCCC(CS)(CCC)COCCCC(F)(F)F. The third kappa shape index (κ3) is 8.25. The number of thiol groups is 1. The third-order valence-corrected chi connectivity index (χ3v) is 3.72. The highest BCUT2D eigenvalue weighted by Gasteiger charge is 2.28. The van der Waals surface area contributed by atoms with Gasteiger partial charge in [-0.3, -0.25) is 0 Å². The Hall–Kier alpha value is 0.100. The van der Waals surface area contributed by atoms with Crippen molar-refractivity contribution in [2.75, 3.05) is 19.0 Å². The smallest absolute Gasteiger partial charge is 0.381 e. The van der Waals surface area contributed by atoms with Crippen LogP contribution < -0.4 is 0 Å². The second-order valence-corrected chi connectivity index (χ2v) is 5.25. The molecule has 0 saturated carbocycles. The minimum atomic E-state index is -4.07. The molecule has 0 aliphatic carbocycles. The number of halogens is 3. The summed E-state index contributed by atoms with van der Waals surface area (Å²) in [5.41, 5.74) is 0.0326. The lowest BCUT2D eigenvalue weighted by Crippen LogP contribution is -2.29. The van der Waals surface area contributed by atoms with Crippen LogP contribution in [-0.2, 0) is 4.74 Å². The molecule has 1 nitrogen and oxygen atoms in total. The monoisotopic (exact) mass is 286 g/mol. The van der Waals surface area contributed by atoms with Crippen LogP contribution in [0.25, 0.3) is 0 Å². The van der Waals surface area contributed by atoms with Gasteiger partial charge in [-0.1, -0.05) is 26.7 Å². The van der Waals surface area contributed by atoms with Crippen molar-refractivity contribution in [2.24, 2.45) is 5.41 Å². The van der Waals surface area contributed by atoms with Crippen LogP contribution in [0.5, 0.6) is 0 Å². The van der Waals surface area contributed by atoms with Crippen molar-refractivity contribution in [1.82, 2.24) is 0 Å². The van der Waals surface area contributed by atoms with Crippen molar-refractivity contribution < 1.29 is 17.9 Å². The summed E-state index contributed by atoms with van der Waals surface area (Å²) >= 11 is 4.38. The van der Waals surface area contributed by atoms with E-state index >= 15 is 0 Å². The second kappa shape index (κ2) is 9.08. The molecule has 0 unspecified atom stereocenters. The van der Waals surface area contributed by atoms with E-state index in [0.717, 1.165) is 31.4 Å². The van der Waals surface area contributed by atoms with Gasteiger partial charge >= 0.3 is 6.18 Å². The largest absolute Gasteiger partial charge is 0.389 e. The molecule has 0 aliphatic heterocycles. The molecule has 0 fully saturated rings. The first kappa shape index (κ1) is 18.1. The van der Waals surface area contributed by atoms with Crippen LogP contribution in [-0.4, -0.2) is 25.1 Å². The molecule has 0 radical (unpaired) electrons. The van der Waals surface area contributed by atoms with Crippen LogP contribution in [0.15, 0.2) is 0 Å². The number of rotatable bonds is 10. The van der Waals surface area contributed by atoms with E-state index in [4.69, 9.17) is 4.74 Å². The van der Waals surface area contributed by atoms with Gasteiger partial charge in [0.05, 0.1) is 6.61 Å². The molecule has 0 heterocycles. The maximum atomic E-state index is 12.0. The minimum absolute atomic E-state index is 0.0326. The van der Waals surface area contributed by atoms with E-state index < -0.39 is 12.6 Å². The summed E-state index contributed by atoms with van der Waals surface area (Å²) in [4.78, 5) is 0. The molecule has 0 rings (SSSR count). The predicted octanol–water partition coefficient (Wildman–Crippen LogP) is 4.86. The van der Waals surface area contributed by atoms with Gasteiger partial charge in [0, 0.05) is 18.4 Å². The summed E-state index contributed by atoms with van der Waals surface area (Å²) in [5.74, 6) is 0.730. The van der Waals surface area contributed by atoms with Gasteiger partial charge in [-0.25, -0.2) is 0 Å². The fraction of sp³-hybridized carbons (Fsp3) is 1.00. The van der Waals surface area contributed by atoms with Gasteiger partial charge in [0.2, 0.25) is 0 Å². The van der Waals surface area contributed by atoms with Crippen molar-refractivity contribution >= 4 is 12.6 Å². The quantitative estimate of drug-likeness (QED) is 0.445. The zero-order valence-corrected chi connectivity index (χ0v) is 12.2. The van der Waals surface area contributed by atoms with Gasteiger partial charge in [-0.05, 0) is 25.0 Å². The first-order chi connectivity index (χ1) is 8.39. The lowest BCUT2D eigenvalue weighted by atomic mass is 9.82. The topological polar surface area (TPSA) is 9.23 Å². The highest BCUT2D eigenvalue weighted by atomic mass is 32.1. The summed E-state index contributed by atoms with van der Waals surface area (Å²) in [5, 5.41) is 0. The maximum Gasteiger partial charge on any atom is 0.389 e. The molecule has 0 amide bonds. The molecular weight excluding hydrogens is 261 g/mol. The van der Waals surface area contributed by atoms with Gasteiger partial charge in [-0.2, -0.15) is 25.8 Å². The second-order valence-electron chi connectivity index (χ2n) is 4.93. The van der Waals surface area contributed by atoms with Crippen molar-refractivity contribution in [2.45, 2.75) is 58.5 Å². The first-order valence-electron chi connectivity index (χ1n) is 6.64. The number of hydrogen-bond donors (Lipinski definition) is 1. The molecule has 0 aromatic carbocycles. The van der Waals surface area contributed by atoms with Crippen LogP contribution in [0, 0.1) is 5.41 Å². The molecule has 110 valence electrons. The highest BCUT2D eigenvalue weighted by Crippen LogP contribution is 2.32. The Morgan fingerprint density at radius 3 is 1.94 bits per heavy atom. The Balaban J connectivity index is 3.96. The molecule has 0 aromatic rings. The van der Waals surface area contributed by atoms with E-state index in [1.165, 1.54) is 0 Å². The summed E-state index contributed by atoms with van der Waals surface area (Å²) in [6.07, 6.45) is -0.657. The van der Waals surface area contributed by atoms with E-state index in [0.29, 0.717) is 6.61 Å². The lowest BCUT2D eigenvalue weighted by molar-refractivity contribution is -0.138. The normalized spacial score (nSPS) is 13.0. The zero-order chi connectivity index (χ0) is 14.1. The van der Waals surface area contributed by atoms with Crippen molar-refractivity contribution in [3.63, 3.8) is 0 Å². The summed E-state index contributed by atoms with van der Waals surface area (Å²) in [7, 11) is 0. The Kier molecular flexibility index (Phi) is 9.13. The molecule has 0 saturated heterocycles. The minimum Gasteiger partial charge on any atom is -0.381 e. The summed E-state index contributed by atoms with van der Waals surface area (Å²) in [6, 6.07) is 0. The molecule has 0 bridgehead atoms. The van der Waals surface area contributed by atoms with E-state index in [-0.39, 0.29) is 18.4 Å². The predicted molar refractivity (Wildman–Crippen MR) is 72.2 cm³/mol. The zero-order valence-electron chi connectivity index (χ0n) is 11.4. The molecule has 0 aliphatic rings. The van der Waals surface area contributed by atoms with Gasteiger partial charge in [0.15, 0.2) is 0 Å². The Morgan fingerprint density at radius 1 is 1.00 bits per heavy atom. The summed E-state index contributed by atoms with van der Waals surface area (Å²) in [6.45, 7) is 4.92. The Bertz CT molecular complexity index is 201. The standard InChI is InChI=1S/C13H25F3OS/c1-3-6-12(11-18,7-4-2)10-17-9-5-8-13(14,15)16/h18H,3-11H2,1-2H3. The van der Waals surface area contributed by atoms with Crippen LogP contribution >= 0.6 is 12.6 Å². The van der Waals surface area contributed by atoms with E-state index in [1.54, 1.807) is 0 Å². The van der Waals surface area contributed by atoms with Crippen molar-refractivity contribution in [1.29, 1.82) is 0 Å². The molecule has 0 N–H and O–H groups in total.